The molecule has 0 fully saturated rings. The summed E-state index contributed by atoms with van der Waals surface area (Å²) in [5.74, 6) is 0. The van der Waals surface area contributed by atoms with E-state index in [1.165, 1.54) is 0 Å². The van der Waals surface area contributed by atoms with Crippen molar-refractivity contribution >= 4 is 39.1 Å². The van der Waals surface area contributed by atoms with Crippen molar-refractivity contribution in [1.29, 1.82) is 0 Å². The molecule has 0 aliphatic rings. The number of nitroso groups, excluding NO2 is 1. The fourth-order valence-corrected chi connectivity index (χ4v) is 2.60. The molecular formula is C15H12BrCl2NO2. The highest BCUT2D eigenvalue weighted by Crippen LogP contribution is 2.42. The minimum absolute atomic E-state index is 0.259. The van der Waals surface area contributed by atoms with Crippen LogP contribution in [-0.2, 0) is 11.3 Å². The van der Waals surface area contributed by atoms with E-state index in [1.807, 2.05) is 30.3 Å². The molecule has 0 saturated carbocycles. The molecule has 21 heavy (non-hydrogen) atoms. The predicted molar refractivity (Wildman–Crippen MR) is 88.7 cm³/mol. The molecule has 0 spiro atoms. The summed E-state index contributed by atoms with van der Waals surface area (Å²) >= 11 is 15.4. The molecule has 0 aliphatic carbocycles. The van der Waals surface area contributed by atoms with Gasteiger partial charge in [0.1, 0.15) is 0 Å². The van der Waals surface area contributed by atoms with Gasteiger partial charge in [0.2, 0.25) is 3.97 Å². The third-order valence-electron chi connectivity index (χ3n) is 2.88. The van der Waals surface area contributed by atoms with E-state index in [2.05, 4.69) is 21.1 Å². The second-order valence-corrected chi connectivity index (χ2v) is 7.03. The topological polar surface area (TPSA) is 38.7 Å². The molecule has 2 atom stereocenters. The van der Waals surface area contributed by atoms with Gasteiger partial charge in [0.25, 0.3) is 0 Å². The van der Waals surface area contributed by atoms with Gasteiger partial charge in [0, 0.05) is 5.02 Å². The Hall–Kier alpha value is -0.940. The Kier molecular flexibility index (Phi) is 5.76. The van der Waals surface area contributed by atoms with Gasteiger partial charge >= 0.3 is 0 Å². The van der Waals surface area contributed by atoms with Crippen LogP contribution in [0.25, 0.3) is 0 Å². The van der Waals surface area contributed by atoms with E-state index in [0.29, 0.717) is 10.6 Å². The summed E-state index contributed by atoms with van der Waals surface area (Å²) in [6.45, 7) is 0.259. The van der Waals surface area contributed by atoms with Crippen molar-refractivity contribution in [2.45, 2.75) is 16.6 Å². The van der Waals surface area contributed by atoms with E-state index in [4.69, 9.17) is 27.9 Å². The van der Waals surface area contributed by atoms with Crippen molar-refractivity contribution in [2.75, 3.05) is 0 Å². The third kappa shape index (κ3) is 4.51. The molecule has 0 N–H and O–H groups in total. The van der Waals surface area contributed by atoms with Crippen LogP contribution in [0, 0.1) is 4.91 Å². The smallest absolute Gasteiger partial charge is 0.227 e. The Balaban J connectivity index is 2.11. The van der Waals surface area contributed by atoms with Crippen LogP contribution in [0.3, 0.4) is 0 Å². The fraction of sp³-hybridized carbons (Fsp3) is 0.200. The van der Waals surface area contributed by atoms with Crippen LogP contribution in [0.2, 0.25) is 5.02 Å². The Labute approximate surface area is 141 Å². The minimum Gasteiger partial charge on any atom is -0.343 e. The highest BCUT2D eigenvalue weighted by atomic mass is 79.9. The number of halogens is 3. The van der Waals surface area contributed by atoms with E-state index in [1.54, 1.807) is 24.3 Å². The summed E-state index contributed by atoms with van der Waals surface area (Å²) < 4.78 is 4.19. The molecule has 0 aliphatic heterocycles. The maximum Gasteiger partial charge on any atom is 0.227 e. The monoisotopic (exact) mass is 387 g/mol. The first-order valence-corrected chi connectivity index (χ1v) is 7.71. The van der Waals surface area contributed by atoms with Crippen molar-refractivity contribution < 1.29 is 4.74 Å². The Morgan fingerprint density at radius 3 is 2.33 bits per heavy atom. The molecule has 3 nitrogen and oxygen atoms in total. The van der Waals surface area contributed by atoms with E-state index < -0.39 is 10.0 Å². The van der Waals surface area contributed by atoms with Crippen molar-refractivity contribution in [3.63, 3.8) is 0 Å². The van der Waals surface area contributed by atoms with E-state index in [0.717, 1.165) is 5.56 Å². The first-order valence-electron chi connectivity index (χ1n) is 6.16. The van der Waals surface area contributed by atoms with Crippen molar-refractivity contribution in [2.24, 2.45) is 5.18 Å². The van der Waals surface area contributed by atoms with Gasteiger partial charge in [-0.25, -0.2) is 0 Å². The zero-order chi connectivity index (χ0) is 15.3. The van der Waals surface area contributed by atoms with Gasteiger partial charge in [0.05, 0.1) is 6.61 Å². The zero-order valence-corrected chi connectivity index (χ0v) is 14.0. The van der Waals surface area contributed by atoms with Crippen molar-refractivity contribution in [3.05, 3.63) is 75.7 Å². The van der Waals surface area contributed by atoms with Gasteiger partial charge in [-0.05, 0) is 39.2 Å². The highest BCUT2D eigenvalue weighted by molar-refractivity contribution is 9.10. The van der Waals surface area contributed by atoms with Gasteiger partial charge in [-0.3, -0.25) is 0 Å². The van der Waals surface area contributed by atoms with Crippen LogP contribution in [0.15, 0.2) is 59.8 Å². The normalized spacial score (nSPS) is 15.2. The minimum atomic E-state index is -1.42. The van der Waals surface area contributed by atoms with Gasteiger partial charge < -0.3 is 4.74 Å². The average molecular weight is 389 g/mol. The zero-order valence-electron chi connectivity index (χ0n) is 10.9. The van der Waals surface area contributed by atoms with Gasteiger partial charge in [-0.15, -0.1) is 4.91 Å². The molecule has 0 saturated heterocycles. The molecule has 0 aromatic heterocycles. The molecule has 0 amide bonds. The maximum atomic E-state index is 11.2. The lowest BCUT2D eigenvalue weighted by molar-refractivity contribution is 0.0582. The average Bonchev–Trinajstić information content (AvgIpc) is 2.49. The van der Waals surface area contributed by atoms with Gasteiger partial charge in [0.15, 0.2) is 6.04 Å². The summed E-state index contributed by atoms with van der Waals surface area (Å²) in [6.07, 6.45) is 0. The largest absolute Gasteiger partial charge is 0.343 e. The van der Waals surface area contributed by atoms with Gasteiger partial charge in [-0.1, -0.05) is 70.8 Å². The second-order valence-electron chi connectivity index (χ2n) is 4.40. The summed E-state index contributed by atoms with van der Waals surface area (Å²) in [5.41, 5.74) is 1.57. The standard InChI is InChI=1S/C15H12BrCl2NO2/c16-15(18,21-10-11-4-2-1-3-5-11)14(19-20)12-6-8-13(17)9-7-12/h1-9,14H,10H2. The van der Waals surface area contributed by atoms with E-state index in [9.17, 15) is 4.91 Å². The third-order valence-corrected chi connectivity index (χ3v) is 4.11. The lowest BCUT2D eigenvalue weighted by Gasteiger charge is -2.25. The van der Waals surface area contributed by atoms with Crippen LogP contribution < -0.4 is 0 Å². The molecule has 0 radical (unpaired) electrons. The number of alkyl halides is 2. The summed E-state index contributed by atoms with van der Waals surface area (Å²) in [4.78, 5) is 11.2. The molecule has 110 valence electrons. The number of benzene rings is 2. The lowest BCUT2D eigenvalue weighted by atomic mass is 10.1. The molecule has 2 aromatic rings. The van der Waals surface area contributed by atoms with Crippen molar-refractivity contribution in [3.8, 4) is 0 Å². The van der Waals surface area contributed by atoms with Crippen LogP contribution in [-0.4, -0.2) is 3.97 Å². The lowest BCUT2D eigenvalue weighted by Crippen LogP contribution is -2.25. The number of hydrogen-bond acceptors (Lipinski definition) is 3. The summed E-state index contributed by atoms with van der Waals surface area (Å²) in [6, 6.07) is 15.4. The highest BCUT2D eigenvalue weighted by Gasteiger charge is 2.38. The fourth-order valence-electron chi connectivity index (χ4n) is 1.79. The quantitative estimate of drug-likeness (QED) is 0.473. The summed E-state index contributed by atoms with van der Waals surface area (Å²) in [5, 5.41) is 3.65. The Bertz CT molecular complexity index is 590. The molecule has 2 aromatic carbocycles. The van der Waals surface area contributed by atoms with E-state index in [-0.39, 0.29) is 6.61 Å². The predicted octanol–water partition coefficient (Wildman–Crippen LogP) is 5.65. The summed E-state index contributed by atoms with van der Waals surface area (Å²) in [7, 11) is 0. The van der Waals surface area contributed by atoms with Crippen LogP contribution in [0.1, 0.15) is 17.2 Å². The number of hydrogen-bond donors (Lipinski definition) is 0. The first kappa shape index (κ1) is 16.4. The van der Waals surface area contributed by atoms with Crippen LogP contribution in [0.4, 0.5) is 0 Å². The van der Waals surface area contributed by atoms with Gasteiger partial charge in [-0.2, -0.15) is 0 Å². The molecule has 2 unspecified atom stereocenters. The second kappa shape index (κ2) is 7.36. The molecule has 0 heterocycles. The molecule has 2 rings (SSSR count). The van der Waals surface area contributed by atoms with Crippen molar-refractivity contribution in [1.82, 2.24) is 0 Å². The Morgan fingerprint density at radius 2 is 1.76 bits per heavy atom. The van der Waals surface area contributed by atoms with Crippen LogP contribution in [0.5, 0.6) is 0 Å². The van der Waals surface area contributed by atoms with Crippen LogP contribution >= 0.6 is 39.1 Å². The van der Waals surface area contributed by atoms with E-state index >= 15 is 0 Å². The molecule has 0 bridgehead atoms. The number of ether oxygens (including phenoxy) is 1. The number of nitrogens with zero attached hydrogens (tertiary/aromatic N) is 1. The molecule has 6 heteroatoms. The SMILES string of the molecule is O=NC(c1ccc(Cl)cc1)C(Cl)(Br)OCc1ccccc1. The number of rotatable bonds is 6. The first-order chi connectivity index (χ1) is 10.0. The Morgan fingerprint density at radius 1 is 1.14 bits per heavy atom. The maximum absolute atomic E-state index is 11.2. The molecular weight excluding hydrogens is 377 g/mol.